The first-order chi connectivity index (χ1) is 14.0. The molecule has 0 heterocycles. The van der Waals surface area contributed by atoms with Crippen LogP contribution in [0.3, 0.4) is 0 Å². The van der Waals surface area contributed by atoms with Gasteiger partial charge < -0.3 is 9.16 Å². The lowest BCUT2D eigenvalue weighted by atomic mass is 10.1. The summed E-state index contributed by atoms with van der Waals surface area (Å²) >= 11 is 0. The third-order valence-electron chi connectivity index (χ3n) is 5.20. The standard InChI is InChI=1S/C26H34O2Si/c1-6-15-23(27-21-7-2)16-14-22-28-29(26(3,4)5,24-17-10-8-11-18-24)25-19-12-9-13-20-25/h1,7-13,17-20,23H,2,14-16,21-22H2,3-5H3. The molecule has 0 aromatic heterocycles. The van der Waals surface area contributed by atoms with Crippen LogP contribution in [-0.2, 0) is 9.16 Å². The molecule has 2 aromatic rings. The Morgan fingerprint density at radius 3 is 2.03 bits per heavy atom. The van der Waals surface area contributed by atoms with Gasteiger partial charge >= 0.3 is 0 Å². The van der Waals surface area contributed by atoms with Crippen LogP contribution >= 0.6 is 0 Å². The van der Waals surface area contributed by atoms with Crippen LogP contribution in [0.1, 0.15) is 40.0 Å². The maximum absolute atomic E-state index is 6.91. The molecule has 0 saturated carbocycles. The van der Waals surface area contributed by atoms with Crippen molar-refractivity contribution in [3.8, 4) is 12.3 Å². The van der Waals surface area contributed by atoms with Crippen molar-refractivity contribution in [2.75, 3.05) is 13.2 Å². The molecule has 3 heteroatoms. The number of hydrogen-bond acceptors (Lipinski definition) is 2. The van der Waals surface area contributed by atoms with Crippen molar-refractivity contribution in [1.82, 2.24) is 0 Å². The Morgan fingerprint density at radius 2 is 1.59 bits per heavy atom. The molecule has 0 aliphatic carbocycles. The first-order valence-corrected chi connectivity index (χ1v) is 12.3. The van der Waals surface area contributed by atoms with Crippen molar-refractivity contribution >= 4 is 18.7 Å². The third kappa shape index (κ3) is 5.93. The maximum Gasteiger partial charge on any atom is 0.261 e. The molecular weight excluding hydrogens is 372 g/mol. The van der Waals surface area contributed by atoms with Gasteiger partial charge in [0.2, 0.25) is 0 Å². The van der Waals surface area contributed by atoms with Gasteiger partial charge in [0, 0.05) is 13.0 Å². The van der Waals surface area contributed by atoms with E-state index < -0.39 is 8.32 Å². The van der Waals surface area contributed by atoms with Crippen molar-refractivity contribution in [3.05, 3.63) is 73.3 Å². The van der Waals surface area contributed by atoms with Gasteiger partial charge in [-0.3, -0.25) is 0 Å². The summed E-state index contributed by atoms with van der Waals surface area (Å²) in [4.78, 5) is 0. The number of rotatable bonds is 11. The maximum atomic E-state index is 6.91. The molecule has 0 aliphatic rings. The summed E-state index contributed by atoms with van der Waals surface area (Å²) in [6.45, 7) is 11.8. The molecule has 0 spiro atoms. The van der Waals surface area contributed by atoms with Crippen LogP contribution in [0.15, 0.2) is 73.3 Å². The minimum atomic E-state index is -2.46. The van der Waals surface area contributed by atoms with E-state index in [1.54, 1.807) is 6.08 Å². The van der Waals surface area contributed by atoms with Crippen molar-refractivity contribution in [3.63, 3.8) is 0 Å². The van der Waals surface area contributed by atoms with Crippen LogP contribution in [0.4, 0.5) is 0 Å². The van der Waals surface area contributed by atoms with Gasteiger partial charge in [0.1, 0.15) is 0 Å². The van der Waals surface area contributed by atoms with Crippen LogP contribution in [0.25, 0.3) is 0 Å². The first kappa shape index (κ1) is 23.2. The molecule has 2 aromatic carbocycles. The summed E-state index contributed by atoms with van der Waals surface area (Å²) in [5.41, 5.74) is 0. The second-order valence-electron chi connectivity index (χ2n) is 8.31. The van der Waals surface area contributed by atoms with E-state index in [2.05, 4.69) is 93.9 Å². The normalized spacial score (nSPS) is 12.9. The van der Waals surface area contributed by atoms with Crippen molar-refractivity contribution < 1.29 is 9.16 Å². The monoisotopic (exact) mass is 406 g/mol. The highest BCUT2D eigenvalue weighted by atomic mass is 28.4. The molecule has 1 unspecified atom stereocenters. The highest BCUT2D eigenvalue weighted by Crippen LogP contribution is 2.36. The molecule has 0 amide bonds. The fourth-order valence-corrected chi connectivity index (χ4v) is 8.48. The van der Waals surface area contributed by atoms with Crippen LogP contribution in [0, 0.1) is 12.3 Å². The summed E-state index contributed by atoms with van der Waals surface area (Å²) in [5.74, 6) is 2.72. The summed E-state index contributed by atoms with van der Waals surface area (Å²) in [6.07, 6.45) is 9.74. The number of hydrogen-bond donors (Lipinski definition) is 0. The lowest BCUT2D eigenvalue weighted by Gasteiger charge is -2.43. The van der Waals surface area contributed by atoms with E-state index in [-0.39, 0.29) is 11.1 Å². The Hall–Kier alpha value is -2.12. The third-order valence-corrected chi connectivity index (χ3v) is 10.2. The van der Waals surface area contributed by atoms with Crippen LogP contribution < -0.4 is 10.4 Å². The van der Waals surface area contributed by atoms with E-state index in [1.165, 1.54) is 10.4 Å². The Kier molecular flexibility index (Phi) is 8.91. The van der Waals surface area contributed by atoms with Crippen molar-refractivity contribution in [2.45, 2.75) is 51.2 Å². The summed E-state index contributed by atoms with van der Waals surface area (Å²) in [7, 11) is -2.46. The van der Waals surface area contributed by atoms with Gasteiger partial charge in [0.05, 0.1) is 12.7 Å². The molecule has 0 saturated heterocycles. The summed E-state index contributed by atoms with van der Waals surface area (Å²) < 4.78 is 12.7. The van der Waals surface area contributed by atoms with E-state index in [0.29, 0.717) is 19.6 Å². The average Bonchev–Trinajstić information content (AvgIpc) is 2.72. The van der Waals surface area contributed by atoms with Gasteiger partial charge in [-0.05, 0) is 28.3 Å². The van der Waals surface area contributed by atoms with Crippen LogP contribution in [0.5, 0.6) is 0 Å². The zero-order valence-corrected chi connectivity index (χ0v) is 19.1. The quantitative estimate of drug-likeness (QED) is 0.228. The van der Waals surface area contributed by atoms with Gasteiger partial charge in [-0.2, -0.15) is 0 Å². The van der Waals surface area contributed by atoms with Gasteiger partial charge in [-0.1, -0.05) is 87.5 Å². The van der Waals surface area contributed by atoms with E-state index in [1.807, 2.05) is 0 Å². The molecule has 0 radical (unpaired) electrons. The SMILES string of the molecule is C#CCC(CCCO[Si](c1ccccc1)(c1ccccc1)C(C)(C)C)OCC=C. The molecule has 0 N–H and O–H groups in total. The predicted molar refractivity (Wildman–Crippen MR) is 126 cm³/mol. The minimum Gasteiger partial charge on any atom is -0.407 e. The van der Waals surface area contributed by atoms with Crippen LogP contribution in [0.2, 0.25) is 5.04 Å². The molecule has 29 heavy (non-hydrogen) atoms. The van der Waals surface area contributed by atoms with Gasteiger partial charge in [0.15, 0.2) is 0 Å². The van der Waals surface area contributed by atoms with Gasteiger partial charge in [0.25, 0.3) is 8.32 Å². The molecular formula is C26H34O2Si. The second kappa shape index (κ2) is 11.2. The van der Waals surface area contributed by atoms with Gasteiger partial charge in [-0.15, -0.1) is 18.9 Å². The molecule has 0 fully saturated rings. The highest BCUT2D eigenvalue weighted by molar-refractivity contribution is 6.99. The highest BCUT2D eigenvalue weighted by Gasteiger charge is 2.49. The largest absolute Gasteiger partial charge is 0.407 e. The Balaban J connectivity index is 2.25. The van der Waals surface area contributed by atoms with Gasteiger partial charge in [-0.25, -0.2) is 0 Å². The molecule has 0 bridgehead atoms. The number of benzene rings is 2. The topological polar surface area (TPSA) is 18.5 Å². The minimum absolute atomic E-state index is 0.00668. The molecule has 1 atom stereocenters. The number of ether oxygens (including phenoxy) is 1. The molecule has 0 aliphatic heterocycles. The summed E-state index contributed by atoms with van der Waals surface area (Å²) in [6, 6.07) is 21.5. The Morgan fingerprint density at radius 1 is 1.03 bits per heavy atom. The smallest absolute Gasteiger partial charge is 0.261 e. The van der Waals surface area contributed by atoms with E-state index in [4.69, 9.17) is 15.6 Å². The lowest BCUT2D eigenvalue weighted by Crippen LogP contribution is -2.66. The zero-order valence-electron chi connectivity index (χ0n) is 18.1. The predicted octanol–water partition coefficient (Wildman–Crippen LogP) is 4.94. The molecule has 2 nitrogen and oxygen atoms in total. The lowest BCUT2D eigenvalue weighted by molar-refractivity contribution is 0.0666. The Labute approximate surface area is 178 Å². The number of terminal acetylenes is 1. The van der Waals surface area contributed by atoms with E-state index in [0.717, 1.165) is 12.8 Å². The fourth-order valence-electron chi connectivity index (χ4n) is 3.88. The van der Waals surface area contributed by atoms with Crippen LogP contribution in [-0.4, -0.2) is 27.6 Å². The second-order valence-corrected chi connectivity index (χ2v) is 12.6. The van der Waals surface area contributed by atoms with E-state index in [9.17, 15) is 0 Å². The molecule has 154 valence electrons. The molecule has 2 rings (SSSR count). The first-order valence-electron chi connectivity index (χ1n) is 10.4. The van der Waals surface area contributed by atoms with Crippen molar-refractivity contribution in [1.29, 1.82) is 0 Å². The fraction of sp³-hybridized carbons (Fsp3) is 0.385. The summed E-state index contributed by atoms with van der Waals surface area (Å²) in [5, 5.41) is 2.61. The Bertz CT molecular complexity index is 732. The van der Waals surface area contributed by atoms with Crippen molar-refractivity contribution in [2.24, 2.45) is 0 Å². The zero-order chi connectivity index (χ0) is 21.2. The average molecular weight is 407 g/mol. The van der Waals surface area contributed by atoms with E-state index >= 15 is 0 Å².